The van der Waals surface area contributed by atoms with Crippen molar-refractivity contribution >= 4 is 5.91 Å². The molecule has 1 aromatic rings. The maximum absolute atomic E-state index is 12.5. The Morgan fingerprint density at radius 2 is 1.89 bits per heavy atom. The summed E-state index contributed by atoms with van der Waals surface area (Å²) in [6.45, 7) is 1.85. The Bertz CT molecular complexity index is 427. The molecule has 108 valence electrons. The van der Waals surface area contributed by atoms with Crippen LogP contribution in [-0.4, -0.2) is 49.1 Å². The molecular weight excluding hydrogens is 261 g/mol. The monoisotopic (exact) mass is 278 g/mol. The van der Waals surface area contributed by atoms with E-state index in [1.165, 1.54) is 0 Å². The SMILES string of the molecule is Cc1ccc(CN(CCN(C)C)C(=O)C(F)(F)F)o1. The largest absolute Gasteiger partial charge is 0.471 e. The van der Waals surface area contributed by atoms with Gasteiger partial charge in [0, 0.05) is 13.1 Å². The molecule has 1 rings (SSSR count). The van der Waals surface area contributed by atoms with Crippen LogP contribution in [0.1, 0.15) is 11.5 Å². The normalized spacial score (nSPS) is 11.9. The molecule has 0 aliphatic heterocycles. The van der Waals surface area contributed by atoms with Gasteiger partial charge in [-0.05, 0) is 33.2 Å². The van der Waals surface area contributed by atoms with Gasteiger partial charge in [-0.25, -0.2) is 0 Å². The highest BCUT2D eigenvalue weighted by atomic mass is 19.4. The third-order valence-electron chi connectivity index (χ3n) is 2.49. The minimum Gasteiger partial charge on any atom is -0.464 e. The Balaban J connectivity index is 2.77. The summed E-state index contributed by atoms with van der Waals surface area (Å²) in [6, 6.07) is 3.22. The fourth-order valence-corrected chi connectivity index (χ4v) is 1.51. The third kappa shape index (κ3) is 4.94. The molecule has 1 aromatic heterocycles. The number of amides is 1. The van der Waals surface area contributed by atoms with Crippen molar-refractivity contribution in [1.82, 2.24) is 9.80 Å². The van der Waals surface area contributed by atoms with Gasteiger partial charge in [0.2, 0.25) is 0 Å². The quantitative estimate of drug-likeness (QED) is 0.827. The molecule has 7 heteroatoms. The van der Waals surface area contributed by atoms with Gasteiger partial charge in [0.1, 0.15) is 11.5 Å². The van der Waals surface area contributed by atoms with Gasteiger partial charge in [-0.1, -0.05) is 0 Å². The number of hydrogen-bond acceptors (Lipinski definition) is 3. The second kappa shape index (κ2) is 6.10. The fourth-order valence-electron chi connectivity index (χ4n) is 1.51. The topological polar surface area (TPSA) is 36.7 Å². The first-order chi connectivity index (χ1) is 8.70. The van der Waals surface area contributed by atoms with Gasteiger partial charge in [-0.3, -0.25) is 4.79 Å². The van der Waals surface area contributed by atoms with Gasteiger partial charge in [0.15, 0.2) is 0 Å². The maximum atomic E-state index is 12.5. The number of rotatable bonds is 5. The molecule has 0 fully saturated rings. The van der Waals surface area contributed by atoms with Crippen LogP contribution in [0.25, 0.3) is 0 Å². The predicted molar refractivity (Wildman–Crippen MR) is 63.5 cm³/mol. The lowest BCUT2D eigenvalue weighted by atomic mass is 10.3. The van der Waals surface area contributed by atoms with Gasteiger partial charge in [0.05, 0.1) is 6.54 Å². The maximum Gasteiger partial charge on any atom is 0.471 e. The molecule has 19 heavy (non-hydrogen) atoms. The number of halogens is 3. The van der Waals surface area contributed by atoms with Crippen LogP contribution in [0.15, 0.2) is 16.5 Å². The average Bonchev–Trinajstić information content (AvgIpc) is 2.67. The number of aryl methyl sites for hydroxylation is 1. The summed E-state index contributed by atoms with van der Waals surface area (Å²) in [6.07, 6.45) is -4.87. The number of alkyl halides is 3. The van der Waals surface area contributed by atoms with Crippen LogP contribution in [0, 0.1) is 6.92 Å². The zero-order valence-corrected chi connectivity index (χ0v) is 11.1. The molecule has 0 aromatic carbocycles. The highest BCUT2D eigenvalue weighted by Gasteiger charge is 2.42. The minimum atomic E-state index is -4.87. The molecule has 4 nitrogen and oxygen atoms in total. The first-order valence-electron chi connectivity index (χ1n) is 5.76. The van der Waals surface area contributed by atoms with Crippen LogP contribution >= 0.6 is 0 Å². The van der Waals surface area contributed by atoms with Gasteiger partial charge >= 0.3 is 12.1 Å². The number of carbonyl (C=O) groups is 1. The standard InChI is InChI=1S/C12H17F3N2O2/c1-9-4-5-10(19-9)8-17(7-6-16(2)3)11(18)12(13,14)15/h4-5H,6-8H2,1-3H3. The molecule has 0 saturated carbocycles. The van der Waals surface area contributed by atoms with E-state index < -0.39 is 12.1 Å². The molecule has 0 aliphatic carbocycles. The van der Waals surface area contributed by atoms with Crippen LogP contribution in [0.4, 0.5) is 13.2 Å². The van der Waals surface area contributed by atoms with Crippen molar-refractivity contribution in [3.8, 4) is 0 Å². The van der Waals surface area contributed by atoms with Crippen molar-refractivity contribution in [2.24, 2.45) is 0 Å². The second-order valence-electron chi connectivity index (χ2n) is 4.54. The van der Waals surface area contributed by atoms with Crippen LogP contribution in [0.3, 0.4) is 0 Å². The molecule has 0 bridgehead atoms. The molecule has 0 saturated heterocycles. The van der Waals surface area contributed by atoms with E-state index in [2.05, 4.69) is 0 Å². The first-order valence-corrected chi connectivity index (χ1v) is 5.76. The fraction of sp³-hybridized carbons (Fsp3) is 0.583. The summed E-state index contributed by atoms with van der Waals surface area (Å²) < 4.78 is 42.7. The van der Waals surface area contributed by atoms with E-state index in [1.807, 2.05) is 0 Å². The highest BCUT2D eigenvalue weighted by Crippen LogP contribution is 2.20. The number of likely N-dealkylation sites (N-methyl/N-ethyl adjacent to an activating group) is 1. The smallest absolute Gasteiger partial charge is 0.464 e. The van der Waals surface area contributed by atoms with E-state index in [9.17, 15) is 18.0 Å². The van der Waals surface area contributed by atoms with Crippen molar-refractivity contribution in [3.63, 3.8) is 0 Å². The Kier molecular flexibility index (Phi) is 4.99. The molecule has 0 aliphatic rings. The predicted octanol–water partition coefficient (Wildman–Crippen LogP) is 2.04. The van der Waals surface area contributed by atoms with E-state index in [0.717, 1.165) is 4.90 Å². The van der Waals surface area contributed by atoms with Crippen molar-refractivity contribution in [1.29, 1.82) is 0 Å². The Morgan fingerprint density at radius 3 is 2.32 bits per heavy atom. The summed E-state index contributed by atoms with van der Waals surface area (Å²) in [5.41, 5.74) is 0. The number of nitrogens with zero attached hydrogens (tertiary/aromatic N) is 2. The molecule has 0 atom stereocenters. The molecule has 0 spiro atoms. The highest BCUT2D eigenvalue weighted by molar-refractivity contribution is 5.81. The second-order valence-corrected chi connectivity index (χ2v) is 4.54. The molecular formula is C12H17F3N2O2. The van der Waals surface area contributed by atoms with Gasteiger partial charge in [-0.2, -0.15) is 13.2 Å². The molecule has 1 heterocycles. The van der Waals surface area contributed by atoms with Crippen LogP contribution < -0.4 is 0 Å². The van der Waals surface area contributed by atoms with Crippen LogP contribution in [-0.2, 0) is 11.3 Å². The van der Waals surface area contributed by atoms with Gasteiger partial charge in [0.25, 0.3) is 0 Å². The molecule has 0 radical (unpaired) electrons. The number of furan rings is 1. The minimum absolute atomic E-state index is 0.00884. The number of hydrogen-bond donors (Lipinski definition) is 0. The van der Waals surface area contributed by atoms with E-state index in [4.69, 9.17) is 4.42 Å². The van der Waals surface area contributed by atoms with Gasteiger partial charge < -0.3 is 14.2 Å². The zero-order valence-electron chi connectivity index (χ0n) is 11.1. The molecule has 1 amide bonds. The zero-order chi connectivity index (χ0) is 14.6. The Hall–Kier alpha value is -1.50. The number of carbonyl (C=O) groups excluding carboxylic acids is 1. The van der Waals surface area contributed by atoms with Crippen LogP contribution in [0.5, 0.6) is 0 Å². The van der Waals surface area contributed by atoms with E-state index in [1.54, 1.807) is 38.1 Å². The molecule has 0 unspecified atom stereocenters. The van der Waals surface area contributed by atoms with Crippen molar-refractivity contribution in [2.45, 2.75) is 19.6 Å². The van der Waals surface area contributed by atoms with E-state index in [0.29, 0.717) is 18.1 Å². The van der Waals surface area contributed by atoms with Crippen LogP contribution in [0.2, 0.25) is 0 Å². The average molecular weight is 278 g/mol. The lowest BCUT2D eigenvalue weighted by Gasteiger charge is -2.24. The lowest BCUT2D eigenvalue weighted by molar-refractivity contribution is -0.186. The summed E-state index contributed by atoms with van der Waals surface area (Å²) >= 11 is 0. The van der Waals surface area contributed by atoms with Crippen molar-refractivity contribution < 1.29 is 22.4 Å². The van der Waals surface area contributed by atoms with Crippen molar-refractivity contribution in [2.75, 3.05) is 27.2 Å². The van der Waals surface area contributed by atoms with E-state index in [-0.39, 0.29) is 13.1 Å². The Morgan fingerprint density at radius 1 is 1.26 bits per heavy atom. The van der Waals surface area contributed by atoms with Crippen molar-refractivity contribution in [3.05, 3.63) is 23.7 Å². The van der Waals surface area contributed by atoms with Gasteiger partial charge in [-0.15, -0.1) is 0 Å². The summed E-state index contributed by atoms with van der Waals surface area (Å²) in [5.74, 6) is -0.903. The Labute approximate surface area is 109 Å². The summed E-state index contributed by atoms with van der Waals surface area (Å²) in [7, 11) is 3.46. The lowest BCUT2D eigenvalue weighted by Crippen LogP contribution is -2.43. The summed E-state index contributed by atoms with van der Waals surface area (Å²) in [5, 5.41) is 0. The summed E-state index contributed by atoms with van der Waals surface area (Å²) in [4.78, 5) is 13.8. The third-order valence-corrected chi connectivity index (χ3v) is 2.49. The first kappa shape index (κ1) is 15.6. The molecule has 0 N–H and O–H groups in total. The van der Waals surface area contributed by atoms with E-state index >= 15 is 0 Å².